The van der Waals surface area contributed by atoms with E-state index in [1.54, 1.807) is 12.1 Å². The fourth-order valence-corrected chi connectivity index (χ4v) is 2.35. The molecule has 1 aliphatic rings. The molecule has 0 aliphatic carbocycles. The summed E-state index contributed by atoms with van der Waals surface area (Å²) in [5, 5.41) is 0. The lowest BCUT2D eigenvalue weighted by atomic mass is 10.1. The number of aromatic nitrogens is 1. The fraction of sp³-hybridized carbons (Fsp3) is 0. The predicted octanol–water partition coefficient (Wildman–Crippen LogP) is 1.86. The van der Waals surface area contributed by atoms with Crippen molar-refractivity contribution in [2.45, 2.75) is 0 Å². The highest BCUT2D eigenvalue weighted by molar-refractivity contribution is 9.10. The second kappa shape index (κ2) is 4.78. The Labute approximate surface area is 127 Å². The summed E-state index contributed by atoms with van der Waals surface area (Å²) in [7, 11) is 0. The molecule has 2 N–H and O–H groups in total. The van der Waals surface area contributed by atoms with E-state index in [1.807, 2.05) is 0 Å². The molecule has 6 nitrogen and oxygen atoms in total. The normalized spacial score (nSPS) is 13.5. The fourth-order valence-electron chi connectivity index (χ4n) is 2.11. The quantitative estimate of drug-likeness (QED) is 0.628. The third kappa shape index (κ3) is 2.02. The molecule has 1 aliphatic heterocycles. The summed E-state index contributed by atoms with van der Waals surface area (Å²) in [6.07, 6.45) is 1.42. The van der Waals surface area contributed by atoms with Crippen LogP contribution in [-0.2, 0) is 0 Å². The maximum Gasteiger partial charge on any atom is 0.286 e. The molecule has 1 aromatic heterocycles. The Morgan fingerprint density at radius 2 is 1.90 bits per heavy atom. The van der Waals surface area contributed by atoms with Crippen LogP contribution in [0, 0.1) is 0 Å². The number of hydrogen-bond donors (Lipinski definition) is 1. The Hall–Kier alpha value is -2.54. The van der Waals surface area contributed by atoms with Gasteiger partial charge in [0.15, 0.2) is 0 Å². The van der Waals surface area contributed by atoms with Gasteiger partial charge in [-0.1, -0.05) is 6.07 Å². The average Bonchev–Trinajstić information content (AvgIpc) is 2.72. The van der Waals surface area contributed by atoms with Crippen LogP contribution in [0.4, 0.5) is 5.69 Å². The highest BCUT2D eigenvalue weighted by atomic mass is 79.9. The number of carbonyl (C=O) groups is 3. The van der Waals surface area contributed by atoms with E-state index < -0.39 is 17.7 Å². The number of rotatable bonds is 1. The number of hydrogen-bond acceptors (Lipinski definition) is 5. The summed E-state index contributed by atoms with van der Waals surface area (Å²) in [6.45, 7) is 0. The number of fused-ring (bicyclic) bond motifs is 1. The van der Waals surface area contributed by atoms with Gasteiger partial charge in [-0.15, -0.1) is 0 Å². The summed E-state index contributed by atoms with van der Waals surface area (Å²) < 4.78 is 0.686. The van der Waals surface area contributed by atoms with Gasteiger partial charge in [-0.3, -0.25) is 14.4 Å². The molecule has 0 spiro atoms. The van der Waals surface area contributed by atoms with Crippen molar-refractivity contribution in [3.8, 4) is 0 Å². The van der Waals surface area contributed by atoms with E-state index in [1.165, 1.54) is 24.4 Å². The van der Waals surface area contributed by atoms with E-state index in [-0.39, 0.29) is 22.5 Å². The lowest BCUT2D eigenvalue weighted by Crippen LogP contribution is -2.36. The Bertz CT molecular complexity index is 787. The molecule has 2 heterocycles. The van der Waals surface area contributed by atoms with E-state index in [0.717, 1.165) is 0 Å². The number of imide groups is 3. The van der Waals surface area contributed by atoms with Crippen molar-refractivity contribution >= 4 is 39.3 Å². The minimum Gasteiger partial charge on any atom is -0.398 e. The molecular formula is C14H8BrN3O3. The maximum atomic E-state index is 12.3. The monoisotopic (exact) mass is 345 g/mol. The average molecular weight is 346 g/mol. The molecular weight excluding hydrogens is 338 g/mol. The van der Waals surface area contributed by atoms with Gasteiger partial charge in [0.05, 0.1) is 11.1 Å². The van der Waals surface area contributed by atoms with Crippen molar-refractivity contribution in [2.75, 3.05) is 5.73 Å². The molecule has 0 atom stereocenters. The number of benzene rings is 1. The Balaban J connectivity index is 2.04. The van der Waals surface area contributed by atoms with Crippen LogP contribution in [0.25, 0.3) is 0 Å². The molecule has 0 bridgehead atoms. The van der Waals surface area contributed by atoms with Crippen molar-refractivity contribution < 1.29 is 14.4 Å². The topological polar surface area (TPSA) is 93.4 Å². The molecule has 21 heavy (non-hydrogen) atoms. The number of nitrogen functional groups attached to an aromatic ring is 1. The molecule has 2 aromatic rings. The van der Waals surface area contributed by atoms with E-state index in [9.17, 15) is 14.4 Å². The van der Waals surface area contributed by atoms with Crippen LogP contribution in [0.2, 0.25) is 0 Å². The van der Waals surface area contributed by atoms with Gasteiger partial charge in [-0.05, 0) is 40.2 Å². The molecule has 0 saturated heterocycles. The molecule has 0 radical (unpaired) electrons. The van der Waals surface area contributed by atoms with Crippen LogP contribution >= 0.6 is 15.9 Å². The van der Waals surface area contributed by atoms with Crippen molar-refractivity contribution in [3.63, 3.8) is 0 Å². The predicted molar refractivity (Wildman–Crippen MR) is 77.6 cm³/mol. The number of anilines is 1. The Morgan fingerprint density at radius 3 is 2.52 bits per heavy atom. The van der Waals surface area contributed by atoms with Gasteiger partial charge in [0.2, 0.25) is 0 Å². The van der Waals surface area contributed by atoms with Gasteiger partial charge in [0.1, 0.15) is 5.69 Å². The highest BCUT2D eigenvalue weighted by Crippen LogP contribution is 2.28. The summed E-state index contributed by atoms with van der Waals surface area (Å²) in [5.41, 5.74) is 6.08. The molecule has 0 fully saturated rings. The first-order chi connectivity index (χ1) is 10.0. The molecule has 3 amide bonds. The smallest absolute Gasteiger partial charge is 0.286 e. The second-order valence-electron chi connectivity index (χ2n) is 4.38. The first kappa shape index (κ1) is 13.4. The molecule has 3 rings (SSSR count). The zero-order valence-electron chi connectivity index (χ0n) is 10.5. The van der Waals surface area contributed by atoms with Crippen LogP contribution in [0.5, 0.6) is 0 Å². The highest BCUT2D eigenvalue weighted by Gasteiger charge is 2.41. The Kier molecular flexibility index (Phi) is 3.06. The SMILES string of the molecule is Nc1cccc2c1C(=O)N(C(=O)c1ccc(Br)cn1)C2=O. The molecule has 1 aromatic carbocycles. The van der Waals surface area contributed by atoms with Crippen molar-refractivity contribution in [1.82, 2.24) is 9.88 Å². The number of carbonyl (C=O) groups excluding carboxylic acids is 3. The van der Waals surface area contributed by atoms with Crippen molar-refractivity contribution in [3.05, 3.63) is 57.8 Å². The van der Waals surface area contributed by atoms with Crippen molar-refractivity contribution in [1.29, 1.82) is 0 Å². The third-order valence-corrected chi connectivity index (χ3v) is 3.57. The van der Waals surface area contributed by atoms with Crippen LogP contribution in [0.1, 0.15) is 31.2 Å². The summed E-state index contributed by atoms with van der Waals surface area (Å²) in [5.74, 6) is -2.17. The number of amides is 3. The zero-order valence-corrected chi connectivity index (χ0v) is 12.1. The largest absolute Gasteiger partial charge is 0.398 e. The third-order valence-electron chi connectivity index (χ3n) is 3.10. The number of pyridine rings is 1. The van der Waals surface area contributed by atoms with E-state index >= 15 is 0 Å². The first-order valence-corrected chi connectivity index (χ1v) is 6.73. The molecule has 7 heteroatoms. The number of halogens is 1. The lowest BCUT2D eigenvalue weighted by Gasteiger charge is -2.11. The lowest BCUT2D eigenvalue weighted by molar-refractivity contribution is 0.0563. The summed E-state index contributed by atoms with van der Waals surface area (Å²) in [4.78, 5) is 41.3. The van der Waals surface area contributed by atoms with Crippen LogP contribution in [0.15, 0.2) is 41.0 Å². The zero-order chi connectivity index (χ0) is 15.1. The van der Waals surface area contributed by atoms with E-state index in [4.69, 9.17) is 5.73 Å². The minimum absolute atomic E-state index is 0.00581. The molecule has 0 saturated carbocycles. The first-order valence-electron chi connectivity index (χ1n) is 5.94. The number of nitrogens with zero attached hydrogens (tertiary/aromatic N) is 2. The second-order valence-corrected chi connectivity index (χ2v) is 5.30. The summed E-state index contributed by atoms with van der Waals surface area (Å²) >= 11 is 3.20. The maximum absolute atomic E-state index is 12.3. The van der Waals surface area contributed by atoms with Crippen LogP contribution in [0.3, 0.4) is 0 Å². The van der Waals surface area contributed by atoms with E-state index in [2.05, 4.69) is 20.9 Å². The van der Waals surface area contributed by atoms with Gasteiger partial charge in [0.25, 0.3) is 17.7 Å². The van der Waals surface area contributed by atoms with Gasteiger partial charge in [-0.25, -0.2) is 9.88 Å². The molecule has 0 unspecified atom stereocenters. The Morgan fingerprint density at radius 1 is 1.14 bits per heavy atom. The van der Waals surface area contributed by atoms with Crippen molar-refractivity contribution in [2.24, 2.45) is 0 Å². The van der Waals surface area contributed by atoms with Crippen LogP contribution in [-0.4, -0.2) is 27.6 Å². The van der Waals surface area contributed by atoms with Gasteiger partial charge in [-0.2, -0.15) is 0 Å². The molecule has 104 valence electrons. The van der Waals surface area contributed by atoms with Crippen LogP contribution < -0.4 is 5.73 Å². The number of nitrogens with two attached hydrogens (primary N) is 1. The van der Waals surface area contributed by atoms with Gasteiger partial charge >= 0.3 is 0 Å². The van der Waals surface area contributed by atoms with E-state index in [0.29, 0.717) is 9.37 Å². The summed E-state index contributed by atoms with van der Waals surface area (Å²) in [6, 6.07) is 7.57. The van der Waals surface area contributed by atoms with Gasteiger partial charge in [0, 0.05) is 16.4 Å². The van der Waals surface area contributed by atoms with Gasteiger partial charge < -0.3 is 5.73 Å². The standard InChI is InChI=1S/C14H8BrN3O3/c15-7-4-5-10(17-6-7)13(20)18-12(19)8-2-1-3-9(16)11(8)14(18)21/h1-6H,16H2. The minimum atomic E-state index is -0.770.